The van der Waals surface area contributed by atoms with Gasteiger partial charge < -0.3 is 24.8 Å². The van der Waals surface area contributed by atoms with Crippen LogP contribution in [0.3, 0.4) is 0 Å². The third-order valence-electron chi connectivity index (χ3n) is 4.51. The van der Waals surface area contributed by atoms with Gasteiger partial charge in [0.15, 0.2) is 11.5 Å². The summed E-state index contributed by atoms with van der Waals surface area (Å²) in [6, 6.07) is 14.2. The van der Waals surface area contributed by atoms with Crippen molar-refractivity contribution in [3.63, 3.8) is 0 Å². The first-order valence-corrected chi connectivity index (χ1v) is 9.66. The fourth-order valence-electron chi connectivity index (χ4n) is 2.91. The van der Waals surface area contributed by atoms with E-state index >= 15 is 0 Å². The van der Waals surface area contributed by atoms with Crippen molar-refractivity contribution in [2.45, 2.75) is 32.9 Å². The van der Waals surface area contributed by atoms with E-state index in [4.69, 9.17) is 14.2 Å². The zero-order chi connectivity index (χ0) is 20.6. The minimum atomic E-state index is -0.617. The summed E-state index contributed by atoms with van der Waals surface area (Å²) in [6.45, 7) is 4.59. The lowest BCUT2D eigenvalue weighted by Gasteiger charge is -2.22. The van der Waals surface area contributed by atoms with E-state index in [1.807, 2.05) is 62.4 Å². The molecule has 2 N–H and O–H groups in total. The van der Waals surface area contributed by atoms with Gasteiger partial charge in [0.05, 0.1) is 13.0 Å². The van der Waals surface area contributed by atoms with Gasteiger partial charge >= 0.3 is 0 Å². The third-order valence-corrected chi connectivity index (χ3v) is 4.51. The summed E-state index contributed by atoms with van der Waals surface area (Å²) in [7, 11) is 0. The second kappa shape index (κ2) is 9.82. The van der Waals surface area contributed by atoms with Crippen LogP contribution in [0.5, 0.6) is 17.2 Å². The summed E-state index contributed by atoms with van der Waals surface area (Å²) in [5.74, 6) is 1.58. The fourth-order valence-corrected chi connectivity index (χ4v) is 2.91. The quantitative estimate of drug-likeness (QED) is 0.678. The minimum absolute atomic E-state index is 0.0502. The van der Waals surface area contributed by atoms with Crippen molar-refractivity contribution in [2.75, 3.05) is 13.4 Å². The number of rotatable bonds is 9. The highest BCUT2D eigenvalue weighted by molar-refractivity contribution is 5.87. The summed E-state index contributed by atoms with van der Waals surface area (Å²) >= 11 is 0. The monoisotopic (exact) mass is 398 g/mol. The molecule has 0 fully saturated rings. The van der Waals surface area contributed by atoms with Gasteiger partial charge in [-0.15, -0.1) is 0 Å². The van der Waals surface area contributed by atoms with Crippen LogP contribution in [0.2, 0.25) is 0 Å². The van der Waals surface area contributed by atoms with Crippen molar-refractivity contribution in [2.24, 2.45) is 5.92 Å². The Bertz CT molecular complexity index is 838. The Hall–Kier alpha value is -3.22. The highest BCUT2D eigenvalue weighted by Crippen LogP contribution is 2.32. The van der Waals surface area contributed by atoms with Crippen LogP contribution in [-0.2, 0) is 16.1 Å². The normalized spacial score (nSPS) is 13.1. The van der Waals surface area contributed by atoms with E-state index in [9.17, 15) is 9.59 Å². The molecule has 0 saturated carbocycles. The van der Waals surface area contributed by atoms with Crippen LogP contribution in [0.4, 0.5) is 0 Å². The van der Waals surface area contributed by atoms with Crippen LogP contribution in [0.1, 0.15) is 25.8 Å². The number of hydrogen-bond acceptors (Lipinski definition) is 5. The van der Waals surface area contributed by atoms with Crippen molar-refractivity contribution in [3.05, 3.63) is 54.1 Å². The van der Waals surface area contributed by atoms with Gasteiger partial charge in [0.1, 0.15) is 11.8 Å². The van der Waals surface area contributed by atoms with E-state index in [-0.39, 0.29) is 37.6 Å². The Morgan fingerprint density at radius 2 is 1.83 bits per heavy atom. The Kier molecular flexibility index (Phi) is 6.94. The lowest BCUT2D eigenvalue weighted by molar-refractivity contribution is -0.130. The van der Waals surface area contributed by atoms with Gasteiger partial charge in [-0.25, -0.2) is 0 Å². The van der Waals surface area contributed by atoms with Crippen LogP contribution in [0, 0.1) is 5.92 Å². The van der Waals surface area contributed by atoms with Crippen molar-refractivity contribution in [1.82, 2.24) is 10.6 Å². The Labute approximate surface area is 170 Å². The molecule has 0 saturated heterocycles. The first-order chi connectivity index (χ1) is 14.0. The molecule has 3 rings (SSSR count). The molecular formula is C22H26N2O5. The molecule has 0 bridgehead atoms. The molecule has 2 amide bonds. The highest BCUT2D eigenvalue weighted by atomic mass is 16.7. The molecule has 2 aromatic carbocycles. The largest absolute Gasteiger partial charge is 0.493 e. The molecule has 0 aliphatic carbocycles. The van der Waals surface area contributed by atoms with Crippen molar-refractivity contribution < 1.29 is 23.8 Å². The fraction of sp³-hybridized carbons (Fsp3) is 0.364. The number of benzene rings is 2. The van der Waals surface area contributed by atoms with Gasteiger partial charge in [-0.2, -0.15) is 0 Å². The molecule has 7 nitrogen and oxygen atoms in total. The minimum Gasteiger partial charge on any atom is -0.493 e. The Balaban J connectivity index is 1.46. The smallest absolute Gasteiger partial charge is 0.243 e. The molecule has 0 aromatic heterocycles. The molecule has 0 spiro atoms. The van der Waals surface area contributed by atoms with Crippen LogP contribution in [0.15, 0.2) is 48.5 Å². The number of ether oxygens (including phenoxy) is 3. The van der Waals surface area contributed by atoms with Crippen molar-refractivity contribution in [1.29, 1.82) is 0 Å². The van der Waals surface area contributed by atoms with Crippen LogP contribution >= 0.6 is 0 Å². The molecule has 1 aliphatic rings. The lowest BCUT2D eigenvalue weighted by atomic mass is 10.0. The maximum Gasteiger partial charge on any atom is 0.243 e. The maximum atomic E-state index is 12.6. The standard InChI is InChI=1S/C22H26N2O5/c1-15(2)21(24-20(25)10-11-27-17-6-4-3-5-7-17)22(26)23-13-16-8-9-18-19(12-16)29-14-28-18/h3-9,12,15,21H,10-11,13-14H2,1-2H3,(H,23,26)(H,24,25)/t21-/m1/s1. The molecule has 0 radical (unpaired) electrons. The average Bonchev–Trinajstić information content (AvgIpc) is 3.18. The second-order valence-corrected chi connectivity index (χ2v) is 7.11. The van der Waals surface area contributed by atoms with Crippen molar-refractivity contribution >= 4 is 11.8 Å². The second-order valence-electron chi connectivity index (χ2n) is 7.11. The van der Waals surface area contributed by atoms with E-state index in [0.29, 0.717) is 23.8 Å². The molecule has 2 aromatic rings. The molecule has 1 atom stereocenters. The molecule has 1 aliphatic heterocycles. The maximum absolute atomic E-state index is 12.6. The topological polar surface area (TPSA) is 85.9 Å². The number of fused-ring (bicyclic) bond motifs is 1. The molecule has 29 heavy (non-hydrogen) atoms. The number of nitrogens with one attached hydrogen (secondary N) is 2. The zero-order valence-corrected chi connectivity index (χ0v) is 16.6. The average molecular weight is 398 g/mol. The summed E-state index contributed by atoms with van der Waals surface area (Å²) in [5, 5.41) is 5.68. The number of para-hydroxylation sites is 1. The van der Waals surface area contributed by atoms with Crippen LogP contribution in [-0.4, -0.2) is 31.3 Å². The SMILES string of the molecule is CC(C)[C@@H](NC(=O)CCOc1ccccc1)C(=O)NCc1ccc2c(c1)OCO2. The molecule has 0 unspecified atom stereocenters. The lowest BCUT2D eigenvalue weighted by Crippen LogP contribution is -2.49. The van der Waals surface area contributed by atoms with Crippen molar-refractivity contribution in [3.8, 4) is 17.2 Å². The van der Waals surface area contributed by atoms with Gasteiger partial charge in [-0.1, -0.05) is 38.1 Å². The molecular weight excluding hydrogens is 372 g/mol. The first-order valence-electron chi connectivity index (χ1n) is 9.66. The van der Waals surface area contributed by atoms with Crippen LogP contribution in [0.25, 0.3) is 0 Å². The van der Waals surface area contributed by atoms with Gasteiger partial charge in [0, 0.05) is 6.54 Å². The summed E-state index contributed by atoms with van der Waals surface area (Å²) < 4.78 is 16.2. The van der Waals surface area contributed by atoms with Crippen LogP contribution < -0.4 is 24.8 Å². The van der Waals surface area contributed by atoms with E-state index in [1.165, 1.54) is 0 Å². The predicted octanol–water partition coefficient (Wildman–Crippen LogP) is 2.64. The van der Waals surface area contributed by atoms with Gasteiger partial charge in [0.25, 0.3) is 0 Å². The Morgan fingerprint density at radius 1 is 1.07 bits per heavy atom. The Morgan fingerprint density at radius 3 is 2.59 bits per heavy atom. The number of carbonyl (C=O) groups excluding carboxylic acids is 2. The first kappa shape index (κ1) is 20.5. The van der Waals surface area contributed by atoms with E-state index < -0.39 is 6.04 Å². The number of carbonyl (C=O) groups is 2. The zero-order valence-electron chi connectivity index (χ0n) is 16.6. The third kappa shape index (κ3) is 5.88. The predicted molar refractivity (Wildman–Crippen MR) is 108 cm³/mol. The van der Waals surface area contributed by atoms with Gasteiger partial charge in [0.2, 0.25) is 18.6 Å². The number of hydrogen-bond donors (Lipinski definition) is 2. The molecule has 1 heterocycles. The van der Waals surface area contributed by atoms with Gasteiger partial charge in [-0.3, -0.25) is 9.59 Å². The summed E-state index contributed by atoms with van der Waals surface area (Å²) in [6.07, 6.45) is 0.174. The number of amides is 2. The summed E-state index contributed by atoms with van der Waals surface area (Å²) in [4.78, 5) is 24.9. The molecule has 154 valence electrons. The highest BCUT2D eigenvalue weighted by Gasteiger charge is 2.24. The van der Waals surface area contributed by atoms with E-state index in [1.54, 1.807) is 0 Å². The summed E-state index contributed by atoms with van der Waals surface area (Å²) in [5.41, 5.74) is 0.896. The van der Waals surface area contributed by atoms with Gasteiger partial charge in [-0.05, 0) is 35.7 Å². The van der Waals surface area contributed by atoms with E-state index in [2.05, 4.69) is 10.6 Å². The van der Waals surface area contributed by atoms with E-state index in [0.717, 1.165) is 5.56 Å². The molecule has 7 heteroatoms.